The van der Waals surface area contributed by atoms with Crippen LogP contribution >= 0.6 is 0 Å². The topological polar surface area (TPSA) is 31.9 Å². The number of aromatic nitrogens is 3. The molecule has 0 unspecified atom stereocenters. The number of phenolic OH excluding ortho intramolecular Hbond substituents is 1. The highest BCUT2D eigenvalue weighted by molar-refractivity contribution is 5.82. The van der Waals surface area contributed by atoms with Gasteiger partial charge in [0.25, 0.3) is 0 Å². The van der Waals surface area contributed by atoms with E-state index >= 15 is 0 Å². The van der Waals surface area contributed by atoms with Crippen molar-refractivity contribution in [2.24, 2.45) is 21.1 Å². The van der Waals surface area contributed by atoms with E-state index in [0.717, 1.165) is 33.4 Å². The number of rotatable bonds is 6. The van der Waals surface area contributed by atoms with E-state index in [0.29, 0.717) is 0 Å². The third kappa shape index (κ3) is 9.93. The molecule has 1 N–H and O–H groups in total. The van der Waals surface area contributed by atoms with Gasteiger partial charge < -0.3 is 77.0 Å². The molecule has 0 aliphatic carbocycles. The fraction of sp³-hybridized carbons (Fsp3) is 0.100. The van der Waals surface area contributed by atoms with Crippen molar-refractivity contribution in [3.63, 3.8) is 0 Å². The highest BCUT2D eigenvalue weighted by Gasteiger charge is 2.06. The smallest absolute Gasteiger partial charge is 0.169 e. The van der Waals surface area contributed by atoms with Crippen LogP contribution < -0.4 is 85.6 Å². The van der Waals surface area contributed by atoms with Crippen LogP contribution in [0.1, 0.15) is 33.4 Å². The molecule has 7 heteroatoms. The molecule has 0 aliphatic rings. The number of benzene rings is 1. The van der Waals surface area contributed by atoms with E-state index < -0.39 is 0 Å². The van der Waals surface area contributed by atoms with Crippen LogP contribution in [-0.2, 0) is 21.1 Å². The molecule has 1 aromatic carbocycles. The lowest BCUT2D eigenvalue weighted by Crippen LogP contribution is -3.00. The minimum absolute atomic E-state index is 0. The summed E-state index contributed by atoms with van der Waals surface area (Å²) in [5, 5.41) is 11.0. The number of pyridine rings is 3. The van der Waals surface area contributed by atoms with Gasteiger partial charge in [0.2, 0.25) is 0 Å². The van der Waals surface area contributed by atoms with E-state index in [1.165, 1.54) is 0 Å². The molecule has 4 nitrogen and oxygen atoms in total. The van der Waals surface area contributed by atoms with Gasteiger partial charge in [-0.25, -0.2) is 13.7 Å². The summed E-state index contributed by atoms with van der Waals surface area (Å²) in [6.07, 6.45) is 24.2. The number of phenols is 1. The quantitative estimate of drug-likeness (QED) is 0.154. The predicted molar refractivity (Wildman–Crippen MR) is 138 cm³/mol. The Labute approximate surface area is 270 Å². The van der Waals surface area contributed by atoms with Gasteiger partial charge in [-0.3, -0.25) is 0 Å². The number of hydrogen-bond acceptors (Lipinski definition) is 1. The molecular formula is C30H30I3N3O. The van der Waals surface area contributed by atoms with Crippen molar-refractivity contribution in [2.45, 2.75) is 0 Å². The number of hydrogen-bond donors (Lipinski definition) is 1. The van der Waals surface area contributed by atoms with Crippen LogP contribution in [0, 0.1) is 0 Å². The Balaban J connectivity index is 0.00000228. The number of nitrogens with zero attached hydrogens (tertiary/aromatic N) is 3. The molecule has 0 atom stereocenters. The maximum Gasteiger partial charge on any atom is 0.169 e. The fourth-order valence-electron chi connectivity index (χ4n) is 3.49. The minimum atomic E-state index is 0. The summed E-state index contributed by atoms with van der Waals surface area (Å²) in [4.78, 5) is 0. The van der Waals surface area contributed by atoms with Crippen LogP contribution in [0.25, 0.3) is 36.5 Å². The highest BCUT2D eigenvalue weighted by Crippen LogP contribution is 2.29. The fourth-order valence-corrected chi connectivity index (χ4v) is 3.49. The normalized spacial score (nSPS) is 10.8. The maximum absolute atomic E-state index is 11.0. The van der Waals surface area contributed by atoms with Crippen molar-refractivity contribution in [3.8, 4) is 5.75 Å². The molecule has 192 valence electrons. The van der Waals surface area contributed by atoms with Crippen molar-refractivity contribution < 1.29 is 90.7 Å². The second-order valence-corrected chi connectivity index (χ2v) is 8.44. The molecule has 4 rings (SSSR count). The van der Waals surface area contributed by atoms with Crippen LogP contribution in [0.4, 0.5) is 0 Å². The first-order valence-corrected chi connectivity index (χ1v) is 11.2. The second kappa shape index (κ2) is 16.0. The summed E-state index contributed by atoms with van der Waals surface area (Å²) < 4.78 is 6.00. The summed E-state index contributed by atoms with van der Waals surface area (Å²) in [6.45, 7) is 0. The molecule has 0 bridgehead atoms. The molecule has 0 amide bonds. The monoisotopic (exact) mass is 829 g/mol. The third-order valence-electron chi connectivity index (χ3n) is 5.58. The lowest BCUT2D eigenvalue weighted by atomic mass is 10.0. The second-order valence-electron chi connectivity index (χ2n) is 8.44. The van der Waals surface area contributed by atoms with Crippen molar-refractivity contribution in [3.05, 3.63) is 119 Å². The zero-order valence-electron chi connectivity index (χ0n) is 21.0. The van der Waals surface area contributed by atoms with E-state index in [4.69, 9.17) is 0 Å². The standard InChI is InChI=1S/C30H29N3O.3HI/c1-31-16-10-24(11-17-31)4-5-27-22-28(8-6-25-12-18-32(2)19-13-25)30(34)29(23-27)9-7-26-14-20-33(3)21-15-26;;;/h4-23H,1-3H3;3*1H/q+2;;;/p-2. The van der Waals surface area contributed by atoms with Gasteiger partial charge in [-0.05, 0) is 34.4 Å². The molecule has 0 spiro atoms. The molecule has 0 saturated carbocycles. The van der Waals surface area contributed by atoms with Crippen LogP contribution in [0.3, 0.4) is 0 Å². The van der Waals surface area contributed by atoms with Crippen molar-refractivity contribution in [1.82, 2.24) is 0 Å². The first-order chi connectivity index (χ1) is 16.5. The third-order valence-corrected chi connectivity index (χ3v) is 5.58. The van der Waals surface area contributed by atoms with Gasteiger partial charge in [0, 0.05) is 47.5 Å². The zero-order chi connectivity index (χ0) is 23.9. The first-order valence-electron chi connectivity index (χ1n) is 11.2. The van der Waals surface area contributed by atoms with Crippen LogP contribution in [0.5, 0.6) is 5.75 Å². The summed E-state index contributed by atoms with van der Waals surface area (Å²) in [5.41, 5.74) is 5.83. The molecule has 0 saturated heterocycles. The Morgan fingerprint density at radius 1 is 0.459 bits per heavy atom. The molecule has 3 heterocycles. The number of halogens is 3. The van der Waals surface area contributed by atoms with E-state index in [2.05, 4.69) is 24.3 Å². The van der Waals surface area contributed by atoms with E-state index in [1.807, 2.05) is 133 Å². The average molecular weight is 829 g/mol. The maximum atomic E-state index is 11.0. The Kier molecular flexibility index (Phi) is 14.2. The Morgan fingerprint density at radius 3 is 1.05 bits per heavy atom. The van der Waals surface area contributed by atoms with Gasteiger partial charge in [0.1, 0.15) is 26.9 Å². The van der Waals surface area contributed by atoms with Crippen LogP contribution in [-0.4, -0.2) is 5.11 Å². The zero-order valence-corrected chi connectivity index (χ0v) is 27.4. The van der Waals surface area contributed by atoms with Crippen molar-refractivity contribution in [2.75, 3.05) is 0 Å². The molecular weight excluding hydrogens is 799 g/mol. The molecule has 3 aromatic heterocycles. The minimum Gasteiger partial charge on any atom is -1.00 e. The van der Waals surface area contributed by atoms with Gasteiger partial charge >= 0.3 is 0 Å². The molecule has 0 radical (unpaired) electrons. The van der Waals surface area contributed by atoms with Gasteiger partial charge in [0.05, 0.1) is 0 Å². The molecule has 37 heavy (non-hydrogen) atoms. The summed E-state index contributed by atoms with van der Waals surface area (Å²) in [6, 6.07) is 16.3. The predicted octanol–water partition coefficient (Wildman–Crippen LogP) is -4.61. The first kappa shape index (κ1) is 32.9. The van der Waals surface area contributed by atoms with Crippen LogP contribution in [0.15, 0.2) is 85.7 Å². The SMILES string of the molecule is C[n+]1ccc(/C=C/c2cc(/C=C/c3cc[n+](C)cc3)c(O)c(/C=C/c3cc[n+](C)cc3)c2)cc1.[I-].[I-].[I-]. The van der Waals surface area contributed by atoms with Gasteiger partial charge in [-0.15, -0.1) is 0 Å². The van der Waals surface area contributed by atoms with E-state index in [1.54, 1.807) is 0 Å². The number of aryl methyl sites for hydroxylation is 3. The summed E-state index contributed by atoms with van der Waals surface area (Å²) >= 11 is 0. The van der Waals surface area contributed by atoms with Crippen LogP contribution in [0.2, 0.25) is 0 Å². The molecule has 0 fully saturated rings. The highest BCUT2D eigenvalue weighted by atomic mass is 127. The Bertz CT molecular complexity index is 1290. The largest absolute Gasteiger partial charge is 1.00 e. The van der Waals surface area contributed by atoms with Crippen molar-refractivity contribution >= 4 is 36.5 Å². The lowest BCUT2D eigenvalue weighted by Gasteiger charge is -2.07. The summed E-state index contributed by atoms with van der Waals surface area (Å²) in [7, 11) is 5.99. The van der Waals surface area contributed by atoms with Gasteiger partial charge in [0.15, 0.2) is 37.2 Å². The van der Waals surface area contributed by atoms with Gasteiger partial charge in [-0.2, -0.15) is 0 Å². The molecule has 4 aromatic rings. The van der Waals surface area contributed by atoms with Crippen molar-refractivity contribution in [1.29, 1.82) is 0 Å². The van der Waals surface area contributed by atoms with Gasteiger partial charge in [-0.1, -0.05) is 36.5 Å². The Morgan fingerprint density at radius 2 is 0.730 bits per heavy atom. The van der Waals surface area contributed by atoms with E-state index in [-0.39, 0.29) is 77.7 Å². The van der Waals surface area contributed by atoms with E-state index in [9.17, 15) is 5.11 Å². The summed E-state index contributed by atoms with van der Waals surface area (Å²) in [5.74, 6) is 0.263. The Hall–Kier alpha value is -2.12. The lowest BCUT2D eigenvalue weighted by molar-refractivity contribution is -0.671. The average Bonchev–Trinajstić information content (AvgIpc) is 2.84. The number of aromatic hydroxyl groups is 1. The molecule has 0 aliphatic heterocycles.